The summed E-state index contributed by atoms with van der Waals surface area (Å²) in [4.78, 5) is 2.25. The number of rotatable bonds is 2. The zero-order valence-electron chi connectivity index (χ0n) is 9.34. The van der Waals surface area contributed by atoms with Gasteiger partial charge < -0.3 is 10.2 Å². The number of likely N-dealkylation sites (tertiary alicyclic amines) is 1. The number of halogens is 2. The van der Waals surface area contributed by atoms with Gasteiger partial charge in [0.15, 0.2) is 5.82 Å². The second-order valence-electron chi connectivity index (χ2n) is 4.35. The maximum atomic E-state index is 13.6. The number of benzene rings is 1. The largest absolute Gasteiger partial charge is 0.379 e. The van der Waals surface area contributed by atoms with Crippen LogP contribution in [0.25, 0.3) is 0 Å². The van der Waals surface area contributed by atoms with Gasteiger partial charge in [0.2, 0.25) is 0 Å². The zero-order valence-corrected chi connectivity index (χ0v) is 10.1. The SMILES string of the molecule is CN1CCCC(Nc2cccc(Cl)c2F)C1. The average Bonchev–Trinajstić information content (AvgIpc) is 2.25. The normalized spacial score (nSPS) is 22.1. The summed E-state index contributed by atoms with van der Waals surface area (Å²) in [7, 11) is 2.09. The molecule has 1 atom stereocenters. The molecular weight excluding hydrogens is 227 g/mol. The smallest absolute Gasteiger partial charge is 0.164 e. The van der Waals surface area contributed by atoms with E-state index in [2.05, 4.69) is 17.3 Å². The molecule has 2 rings (SSSR count). The molecule has 1 aromatic rings. The van der Waals surface area contributed by atoms with Gasteiger partial charge in [-0.25, -0.2) is 4.39 Å². The summed E-state index contributed by atoms with van der Waals surface area (Å²) in [5.41, 5.74) is 0.507. The average molecular weight is 243 g/mol. The molecule has 2 nitrogen and oxygen atoms in total. The van der Waals surface area contributed by atoms with Gasteiger partial charge in [-0.05, 0) is 38.6 Å². The fraction of sp³-hybridized carbons (Fsp3) is 0.500. The zero-order chi connectivity index (χ0) is 11.5. The summed E-state index contributed by atoms with van der Waals surface area (Å²) in [5, 5.41) is 3.39. The highest BCUT2D eigenvalue weighted by molar-refractivity contribution is 6.31. The van der Waals surface area contributed by atoms with Crippen LogP contribution < -0.4 is 5.32 Å². The van der Waals surface area contributed by atoms with Gasteiger partial charge in [-0.2, -0.15) is 0 Å². The first kappa shape index (κ1) is 11.7. The third-order valence-corrected chi connectivity index (χ3v) is 3.23. The molecule has 1 unspecified atom stereocenters. The quantitative estimate of drug-likeness (QED) is 0.858. The highest BCUT2D eigenvalue weighted by Gasteiger charge is 2.18. The fourth-order valence-corrected chi connectivity index (χ4v) is 2.29. The Bertz CT molecular complexity index is 370. The molecule has 0 aliphatic carbocycles. The molecule has 0 bridgehead atoms. The first-order valence-electron chi connectivity index (χ1n) is 5.56. The molecule has 88 valence electrons. The Labute approximate surface area is 100 Å². The minimum Gasteiger partial charge on any atom is -0.379 e. The lowest BCUT2D eigenvalue weighted by Gasteiger charge is -2.31. The van der Waals surface area contributed by atoms with Crippen LogP contribution in [0.4, 0.5) is 10.1 Å². The molecule has 1 fully saturated rings. The molecule has 1 heterocycles. The predicted octanol–water partition coefficient (Wildman–Crippen LogP) is 2.99. The van der Waals surface area contributed by atoms with Crippen molar-refractivity contribution in [2.75, 3.05) is 25.5 Å². The Balaban J connectivity index is 2.05. The van der Waals surface area contributed by atoms with Gasteiger partial charge in [0.05, 0.1) is 10.7 Å². The van der Waals surface area contributed by atoms with Gasteiger partial charge in [0.25, 0.3) is 0 Å². The molecule has 0 radical (unpaired) electrons. The van der Waals surface area contributed by atoms with Crippen LogP contribution in [0.1, 0.15) is 12.8 Å². The Morgan fingerprint density at radius 2 is 2.31 bits per heavy atom. The van der Waals surface area contributed by atoms with Gasteiger partial charge in [0.1, 0.15) is 0 Å². The standard InChI is InChI=1S/C12H16ClFN2/c1-16-7-3-4-9(8-16)15-11-6-2-5-10(13)12(11)14/h2,5-6,9,15H,3-4,7-8H2,1H3. The van der Waals surface area contributed by atoms with E-state index in [0.29, 0.717) is 11.7 Å². The van der Waals surface area contributed by atoms with Crippen molar-refractivity contribution in [3.05, 3.63) is 29.0 Å². The van der Waals surface area contributed by atoms with E-state index in [-0.39, 0.29) is 10.8 Å². The molecule has 1 aliphatic heterocycles. The molecule has 4 heteroatoms. The van der Waals surface area contributed by atoms with E-state index in [0.717, 1.165) is 25.9 Å². The lowest BCUT2D eigenvalue weighted by molar-refractivity contribution is 0.260. The van der Waals surface area contributed by atoms with Crippen LogP contribution in [0.2, 0.25) is 5.02 Å². The first-order chi connectivity index (χ1) is 7.66. The van der Waals surface area contributed by atoms with E-state index in [4.69, 9.17) is 11.6 Å². The minimum absolute atomic E-state index is 0.175. The number of hydrogen-bond donors (Lipinski definition) is 1. The molecule has 1 N–H and O–H groups in total. The van der Waals surface area contributed by atoms with Crippen LogP contribution in [0.15, 0.2) is 18.2 Å². The number of nitrogens with zero attached hydrogens (tertiary/aromatic N) is 1. The maximum absolute atomic E-state index is 13.6. The maximum Gasteiger partial charge on any atom is 0.164 e. The Hall–Kier alpha value is -0.800. The number of likely N-dealkylation sites (N-methyl/N-ethyl adjacent to an activating group) is 1. The molecule has 0 saturated carbocycles. The van der Waals surface area contributed by atoms with E-state index in [1.807, 2.05) is 0 Å². The third-order valence-electron chi connectivity index (χ3n) is 2.94. The van der Waals surface area contributed by atoms with Crippen LogP contribution in [0, 0.1) is 5.82 Å². The molecule has 1 aliphatic rings. The second kappa shape index (κ2) is 5.02. The van der Waals surface area contributed by atoms with Crippen molar-refractivity contribution in [2.45, 2.75) is 18.9 Å². The fourth-order valence-electron chi connectivity index (χ4n) is 2.12. The van der Waals surface area contributed by atoms with Crippen LogP contribution in [-0.2, 0) is 0 Å². The summed E-state index contributed by atoms with van der Waals surface area (Å²) in [6.07, 6.45) is 2.23. The number of anilines is 1. The summed E-state index contributed by atoms with van der Waals surface area (Å²) in [6.45, 7) is 2.07. The first-order valence-corrected chi connectivity index (χ1v) is 5.93. The highest BCUT2D eigenvalue weighted by Crippen LogP contribution is 2.24. The van der Waals surface area contributed by atoms with Gasteiger partial charge in [-0.15, -0.1) is 0 Å². The third kappa shape index (κ3) is 2.66. The molecule has 0 aromatic heterocycles. The summed E-state index contributed by atoms with van der Waals surface area (Å²) >= 11 is 5.73. The number of hydrogen-bond acceptors (Lipinski definition) is 2. The van der Waals surface area contributed by atoms with Crippen molar-refractivity contribution in [2.24, 2.45) is 0 Å². The van der Waals surface area contributed by atoms with E-state index in [1.165, 1.54) is 0 Å². The molecule has 0 amide bonds. The summed E-state index contributed by atoms with van der Waals surface area (Å²) < 4.78 is 13.6. The van der Waals surface area contributed by atoms with E-state index in [9.17, 15) is 4.39 Å². The van der Waals surface area contributed by atoms with Crippen molar-refractivity contribution in [1.29, 1.82) is 0 Å². The summed E-state index contributed by atoms with van der Waals surface area (Å²) in [5.74, 6) is -0.350. The lowest BCUT2D eigenvalue weighted by atomic mass is 10.1. The van der Waals surface area contributed by atoms with E-state index in [1.54, 1.807) is 18.2 Å². The predicted molar refractivity (Wildman–Crippen MR) is 65.6 cm³/mol. The number of piperidine rings is 1. The van der Waals surface area contributed by atoms with Crippen molar-refractivity contribution in [3.8, 4) is 0 Å². The number of nitrogens with one attached hydrogen (secondary N) is 1. The van der Waals surface area contributed by atoms with Crippen LogP contribution in [0.5, 0.6) is 0 Å². The van der Waals surface area contributed by atoms with Gasteiger partial charge in [-0.1, -0.05) is 17.7 Å². The monoisotopic (exact) mass is 242 g/mol. The highest BCUT2D eigenvalue weighted by atomic mass is 35.5. The van der Waals surface area contributed by atoms with Crippen LogP contribution in [0.3, 0.4) is 0 Å². The van der Waals surface area contributed by atoms with Crippen molar-refractivity contribution >= 4 is 17.3 Å². The Morgan fingerprint density at radius 3 is 3.06 bits per heavy atom. The van der Waals surface area contributed by atoms with E-state index < -0.39 is 0 Å². The van der Waals surface area contributed by atoms with Crippen LogP contribution in [-0.4, -0.2) is 31.1 Å². The van der Waals surface area contributed by atoms with Crippen LogP contribution >= 0.6 is 11.6 Å². The summed E-state index contributed by atoms with van der Waals surface area (Å²) in [6, 6.07) is 5.37. The van der Waals surface area contributed by atoms with Crippen molar-refractivity contribution < 1.29 is 4.39 Å². The van der Waals surface area contributed by atoms with E-state index >= 15 is 0 Å². The molecule has 16 heavy (non-hydrogen) atoms. The molecular formula is C12H16ClFN2. The van der Waals surface area contributed by atoms with Crippen molar-refractivity contribution in [3.63, 3.8) is 0 Å². The Morgan fingerprint density at radius 1 is 1.50 bits per heavy atom. The molecule has 0 spiro atoms. The second-order valence-corrected chi connectivity index (χ2v) is 4.75. The van der Waals surface area contributed by atoms with Gasteiger partial charge >= 0.3 is 0 Å². The Kier molecular flexibility index (Phi) is 3.66. The van der Waals surface area contributed by atoms with Gasteiger partial charge in [-0.3, -0.25) is 0 Å². The minimum atomic E-state index is -0.350. The van der Waals surface area contributed by atoms with Crippen molar-refractivity contribution in [1.82, 2.24) is 4.90 Å². The topological polar surface area (TPSA) is 15.3 Å². The molecule has 1 aromatic carbocycles. The lowest BCUT2D eigenvalue weighted by Crippen LogP contribution is -2.39. The molecule has 1 saturated heterocycles. The van der Waals surface area contributed by atoms with Gasteiger partial charge in [0, 0.05) is 12.6 Å².